The second-order valence-electron chi connectivity index (χ2n) is 4.53. The summed E-state index contributed by atoms with van der Waals surface area (Å²) >= 11 is 5.91. The van der Waals surface area contributed by atoms with Crippen LogP contribution in [0, 0.1) is 5.92 Å². The highest BCUT2D eigenvalue weighted by molar-refractivity contribution is 6.18. The lowest BCUT2D eigenvalue weighted by atomic mass is 9.98. The number of hydrogen-bond donors (Lipinski definition) is 0. The molecule has 1 fully saturated rings. The first kappa shape index (κ1) is 12.8. The predicted octanol–water partition coefficient (Wildman–Crippen LogP) is 3.04. The van der Waals surface area contributed by atoms with Crippen molar-refractivity contribution in [1.82, 2.24) is 4.90 Å². The van der Waals surface area contributed by atoms with E-state index in [2.05, 4.69) is 6.92 Å². The van der Waals surface area contributed by atoms with Gasteiger partial charge in [0.25, 0.3) is 0 Å². The molecule has 15 heavy (non-hydrogen) atoms. The number of piperidine rings is 1. The fraction of sp³-hybridized carbons (Fsp3) is 0.917. The van der Waals surface area contributed by atoms with Crippen molar-refractivity contribution in [3.63, 3.8) is 0 Å². The van der Waals surface area contributed by atoms with Crippen LogP contribution in [-0.4, -0.2) is 29.3 Å². The third-order valence-electron chi connectivity index (χ3n) is 3.23. The molecule has 1 aliphatic rings. The Morgan fingerprint density at radius 2 is 2.27 bits per heavy atom. The van der Waals surface area contributed by atoms with Gasteiger partial charge in [-0.1, -0.05) is 20.3 Å². The van der Waals surface area contributed by atoms with Crippen molar-refractivity contribution in [2.24, 2.45) is 5.92 Å². The van der Waals surface area contributed by atoms with E-state index in [9.17, 15) is 4.79 Å². The average Bonchev–Trinajstić information content (AvgIpc) is 2.28. The minimum absolute atomic E-state index is 0.166. The van der Waals surface area contributed by atoms with Crippen LogP contribution in [0.2, 0.25) is 0 Å². The van der Waals surface area contributed by atoms with Crippen molar-refractivity contribution in [2.75, 3.05) is 12.4 Å². The number of carbonyl (C=O) groups is 1. The molecule has 1 rings (SSSR count). The van der Waals surface area contributed by atoms with E-state index in [0.29, 0.717) is 11.8 Å². The minimum Gasteiger partial charge on any atom is -0.338 e. The van der Waals surface area contributed by atoms with Crippen LogP contribution in [0.15, 0.2) is 0 Å². The van der Waals surface area contributed by atoms with E-state index in [0.717, 1.165) is 32.2 Å². The topological polar surface area (TPSA) is 20.3 Å². The maximum atomic E-state index is 12.1. The summed E-state index contributed by atoms with van der Waals surface area (Å²) in [6, 6.07) is 0.284. The van der Waals surface area contributed by atoms with Gasteiger partial charge < -0.3 is 4.90 Å². The van der Waals surface area contributed by atoms with Gasteiger partial charge in [-0.15, -0.1) is 11.6 Å². The second-order valence-corrected chi connectivity index (χ2v) is 4.83. The number of alkyl halides is 1. The minimum atomic E-state index is 0.166. The number of hydrogen-bond acceptors (Lipinski definition) is 1. The quantitative estimate of drug-likeness (QED) is 0.681. The van der Waals surface area contributed by atoms with Gasteiger partial charge in [0.05, 0.1) is 0 Å². The average molecular weight is 232 g/mol. The summed E-state index contributed by atoms with van der Waals surface area (Å²) in [6.07, 6.45) is 5.49. The second kappa shape index (κ2) is 6.37. The first-order chi connectivity index (χ1) is 7.20. The van der Waals surface area contributed by atoms with Gasteiger partial charge in [0.15, 0.2) is 0 Å². The lowest BCUT2D eigenvalue weighted by Crippen LogP contribution is -2.46. The van der Waals surface area contributed by atoms with E-state index < -0.39 is 0 Å². The number of likely N-dealkylation sites (tertiary alicyclic amines) is 1. The zero-order chi connectivity index (χ0) is 11.3. The molecule has 0 saturated carbocycles. The van der Waals surface area contributed by atoms with Crippen LogP contribution >= 0.6 is 11.6 Å². The maximum absolute atomic E-state index is 12.1. The van der Waals surface area contributed by atoms with Crippen molar-refractivity contribution in [3.8, 4) is 0 Å². The standard InChI is InChI=1S/C12H22ClNO/c1-3-6-10(2)12(15)14-8-5-4-7-11(14)9-13/h10-11H,3-9H2,1-2H3. The first-order valence-corrected chi connectivity index (χ1v) is 6.60. The number of nitrogens with zero attached hydrogens (tertiary/aromatic N) is 1. The molecule has 0 radical (unpaired) electrons. The Labute approximate surface area is 98.0 Å². The molecule has 2 atom stereocenters. The van der Waals surface area contributed by atoms with Gasteiger partial charge in [0, 0.05) is 24.4 Å². The van der Waals surface area contributed by atoms with Crippen molar-refractivity contribution in [1.29, 1.82) is 0 Å². The summed E-state index contributed by atoms with van der Waals surface area (Å²) in [7, 11) is 0. The molecule has 88 valence electrons. The van der Waals surface area contributed by atoms with Gasteiger partial charge in [-0.3, -0.25) is 4.79 Å². The summed E-state index contributed by atoms with van der Waals surface area (Å²) in [6.45, 7) is 5.06. The first-order valence-electron chi connectivity index (χ1n) is 6.07. The Balaban J connectivity index is 2.55. The molecule has 2 unspecified atom stereocenters. The Hall–Kier alpha value is -0.240. The summed E-state index contributed by atoms with van der Waals surface area (Å²) in [5.41, 5.74) is 0. The van der Waals surface area contributed by atoms with Crippen molar-refractivity contribution in [2.45, 2.75) is 52.0 Å². The highest BCUT2D eigenvalue weighted by Crippen LogP contribution is 2.21. The summed E-state index contributed by atoms with van der Waals surface area (Å²) in [4.78, 5) is 14.1. The molecule has 1 heterocycles. The third kappa shape index (κ3) is 3.37. The van der Waals surface area contributed by atoms with Gasteiger partial charge in [-0.2, -0.15) is 0 Å². The monoisotopic (exact) mass is 231 g/mol. The molecule has 0 spiro atoms. The number of carbonyl (C=O) groups excluding carboxylic acids is 1. The van der Waals surface area contributed by atoms with E-state index >= 15 is 0 Å². The van der Waals surface area contributed by atoms with E-state index in [4.69, 9.17) is 11.6 Å². The molecule has 0 aromatic heterocycles. The molecule has 0 N–H and O–H groups in total. The van der Waals surface area contributed by atoms with Crippen molar-refractivity contribution in [3.05, 3.63) is 0 Å². The highest BCUT2D eigenvalue weighted by Gasteiger charge is 2.28. The predicted molar refractivity (Wildman–Crippen MR) is 64.1 cm³/mol. The maximum Gasteiger partial charge on any atom is 0.225 e. The van der Waals surface area contributed by atoms with Gasteiger partial charge >= 0.3 is 0 Å². The van der Waals surface area contributed by atoms with Crippen LogP contribution < -0.4 is 0 Å². The van der Waals surface area contributed by atoms with Crippen LogP contribution in [0.25, 0.3) is 0 Å². The van der Waals surface area contributed by atoms with Crippen molar-refractivity contribution >= 4 is 17.5 Å². The molecule has 1 saturated heterocycles. The molecule has 1 amide bonds. The van der Waals surface area contributed by atoms with Gasteiger partial charge in [-0.05, 0) is 25.7 Å². The molecule has 0 aromatic rings. The molecule has 0 bridgehead atoms. The molecular weight excluding hydrogens is 210 g/mol. The fourth-order valence-corrected chi connectivity index (χ4v) is 2.61. The Kier molecular flexibility index (Phi) is 5.44. The molecule has 1 aliphatic heterocycles. The largest absolute Gasteiger partial charge is 0.338 e. The van der Waals surface area contributed by atoms with Crippen LogP contribution in [0.4, 0.5) is 0 Å². The van der Waals surface area contributed by atoms with Crippen LogP contribution in [0.5, 0.6) is 0 Å². The van der Waals surface area contributed by atoms with E-state index in [-0.39, 0.29) is 12.0 Å². The highest BCUT2D eigenvalue weighted by atomic mass is 35.5. The Bertz CT molecular complexity index is 208. The van der Waals surface area contributed by atoms with Gasteiger partial charge in [0.1, 0.15) is 0 Å². The van der Waals surface area contributed by atoms with Gasteiger partial charge in [0.2, 0.25) is 5.91 Å². The smallest absolute Gasteiger partial charge is 0.225 e. The summed E-state index contributed by atoms with van der Waals surface area (Å²) < 4.78 is 0. The van der Waals surface area contributed by atoms with E-state index in [1.54, 1.807) is 0 Å². The Morgan fingerprint density at radius 1 is 1.53 bits per heavy atom. The Morgan fingerprint density at radius 3 is 2.87 bits per heavy atom. The van der Waals surface area contributed by atoms with Crippen LogP contribution in [0.1, 0.15) is 46.0 Å². The molecule has 3 heteroatoms. The van der Waals surface area contributed by atoms with E-state index in [1.165, 1.54) is 6.42 Å². The zero-order valence-corrected chi connectivity index (χ0v) is 10.6. The summed E-state index contributed by atoms with van der Waals surface area (Å²) in [5, 5.41) is 0. The molecule has 2 nitrogen and oxygen atoms in total. The number of amides is 1. The number of halogens is 1. The molecule has 0 aromatic carbocycles. The van der Waals surface area contributed by atoms with Crippen molar-refractivity contribution < 1.29 is 4.79 Å². The summed E-state index contributed by atoms with van der Waals surface area (Å²) in [5.74, 6) is 1.06. The zero-order valence-electron chi connectivity index (χ0n) is 9.84. The lowest BCUT2D eigenvalue weighted by Gasteiger charge is -2.36. The fourth-order valence-electron chi connectivity index (χ4n) is 2.29. The molecule has 0 aliphatic carbocycles. The van der Waals surface area contributed by atoms with Crippen LogP contribution in [0.3, 0.4) is 0 Å². The van der Waals surface area contributed by atoms with Crippen LogP contribution in [-0.2, 0) is 4.79 Å². The van der Waals surface area contributed by atoms with E-state index in [1.807, 2.05) is 11.8 Å². The third-order valence-corrected chi connectivity index (χ3v) is 3.59. The van der Waals surface area contributed by atoms with Gasteiger partial charge in [-0.25, -0.2) is 0 Å². The number of rotatable bonds is 4. The lowest BCUT2D eigenvalue weighted by molar-refractivity contribution is -0.138. The molecular formula is C12H22ClNO. The SMILES string of the molecule is CCCC(C)C(=O)N1CCCCC1CCl. The normalized spacial score (nSPS) is 23.9.